The summed E-state index contributed by atoms with van der Waals surface area (Å²) < 4.78 is 5.45. The third-order valence-electron chi connectivity index (χ3n) is 3.66. The van der Waals surface area contributed by atoms with E-state index < -0.39 is 5.97 Å². The van der Waals surface area contributed by atoms with E-state index >= 15 is 0 Å². The van der Waals surface area contributed by atoms with Crippen LogP contribution >= 0.6 is 0 Å². The Kier molecular flexibility index (Phi) is 4.90. The Morgan fingerprint density at radius 2 is 1.40 bits per heavy atom. The molecule has 0 atom stereocenters. The second-order valence-corrected chi connectivity index (χ2v) is 5.57. The lowest BCUT2D eigenvalue weighted by Crippen LogP contribution is -2.14. The van der Waals surface area contributed by atoms with E-state index in [1.165, 1.54) is 0 Å². The summed E-state index contributed by atoms with van der Waals surface area (Å²) in [6.07, 6.45) is 0. The smallest absolute Gasteiger partial charge is 0.343 e. The molecule has 0 unspecified atom stereocenters. The zero-order valence-electron chi connectivity index (χ0n) is 13.7. The summed E-state index contributed by atoms with van der Waals surface area (Å²) >= 11 is 0. The summed E-state index contributed by atoms with van der Waals surface area (Å²) in [6, 6.07) is 22.8. The van der Waals surface area contributed by atoms with Crippen molar-refractivity contribution < 1.29 is 14.3 Å². The fraction of sp³-hybridized carbons (Fsp3) is 0.0476. The molecule has 0 saturated heterocycles. The number of anilines is 1. The number of carbonyl (C=O) groups excluding carboxylic acids is 2. The normalized spacial score (nSPS) is 10.1. The number of amides is 1. The van der Waals surface area contributed by atoms with Crippen LogP contribution in [-0.4, -0.2) is 11.9 Å². The maximum Gasteiger partial charge on any atom is 0.343 e. The van der Waals surface area contributed by atoms with Gasteiger partial charge in [0.1, 0.15) is 0 Å². The zero-order valence-corrected chi connectivity index (χ0v) is 13.7. The fourth-order valence-electron chi connectivity index (χ4n) is 2.29. The van der Waals surface area contributed by atoms with Gasteiger partial charge in [0.15, 0.2) is 5.75 Å². The van der Waals surface area contributed by atoms with E-state index in [-0.39, 0.29) is 5.91 Å². The van der Waals surface area contributed by atoms with Crippen LogP contribution in [0.25, 0.3) is 0 Å². The lowest BCUT2D eigenvalue weighted by molar-refractivity contribution is 0.0734. The molecular formula is C21H17NO3. The van der Waals surface area contributed by atoms with Crippen LogP contribution in [0.1, 0.15) is 26.3 Å². The Hall–Kier alpha value is -3.40. The molecule has 0 radical (unpaired) electrons. The minimum Gasteiger partial charge on any atom is -0.421 e. The van der Waals surface area contributed by atoms with Gasteiger partial charge in [-0.05, 0) is 43.3 Å². The van der Waals surface area contributed by atoms with Gasteiger partial charge in [-0.25, -0.2) is 4.79 Å². The lowest BCUT2D eigenvalue weighted by atomic mass is 10.1. The Labute approximate surface area is 146 Å². The number of hydrogen-bond acceptors (Lipinski definition) is 3. The van der Waals surface area contributed by atoms with E-state index in [0.29, 0.717) is 22.6 Å². The number of ether oxygens (including phenoxy) is 1. The number of rotatable bonds is 4. The molecule has 3 aromatic rings. The predicted octanol–water partition coefficient (Wildman–Crippen LogP) is 4.47. The average molecular weight is 331 g/mol. The lowest BCUT2D eigenvalue weighted by Gasteiger charge is -2.11. The second-order valence-electron chi connectivity index (χ2n) is 5.57. The maximum atomic E-state index is 12.3. The minimum absolute atomic E-state index is 0.264. The molecule has 3 aromatic carbocycles. The van der Waals surface area contributed by atoms with Gasteiger partial charge in [-0.3, -0.25) is 4.79 Å². The first-order valence-electron chi connectivity index (χ1n) is 7.88. The van der Waals surface area contributed by atoms with E-state index in [1.807, 2.05) is 25.1 Å². The summed E-state index contributed by atoms with van der Waals surface area (Å²) in [5, 5.41) is 2.78. The van der Waals surface area contributed by atoms with Crippen LogP contribution < -0.4 is 10.1 Å². The topological polar surface area (TPSA) is 55.4 Å². The number of nitrogens with one attached hydrogen (secondary N) is 1. The van der Waals surface area contributed by atoms with E-state index in [0.717, 1.165) is 5.56 Å². The molecule has 0 fully saturated rings. The van der Waals surface area contributed by atoms with Gasteiger partial charge in [-0.15, -0.1) is 0 Å². The molecule has 1 amide bonds. The van der Waals surface area contributed by atoms with E-state index in [2.05, 4.69) is 5.32 Å². The zero-order chi connectivity index (χ0) is 17.6. The van der Waals surface area contributed by atoms with Gasteiger partial charge >= 0.3 is 5.97 Å². The van der Waals surface area contributed by atoms with E-state index in [4.69, 9.17) is 4.74 Å². The summed E-state index contributed by atoms with van der Waals surface area (Å²) in [4.78, 5) is 24.6. The molecule has 0 heterocycles. The number of hydrogen-bond donors (Lipinski definition) is 1. The molecule has 3 rings (SSSR count). The van der Waals surface area contributed by atoms with Crippen LogP contribution in [0, 0.1) is 6.92 Å². The molecule has 1 N–H and O–H groups in total. The number of esters is 1. The Balaban J connectivity index is 1.78. The van der Waals surface area contributed by atoms with Crippen molar-refractivity contribution in [3.05, 3.63) is 95.6 Å². The first kappa shape index (κ1) is 16.5. The molecule has 0 spiro atoms. The van der Waals surface area contributed by atoms with Crippen molar-refractivity contribution in [2.75, 3.05) is 5.32 Å². The SMILES string of the molecule is Cc1ccc(C(=O)Oc2ccccc2NC(=O)c2ccccc2)cc1. The Bertz CT molecular complexity index is 887. The van der Waals surface area contributed by atoms with Crippen molar-refractivity contribution >= 4 is 17.6 Å². The van der Waals surface area contributed by atoms with Crippen molar-refractivity contribution in [1.82, 2.24) is 0 Å². The molecular weight excluding hydrogens is 314 g/mol. The molecule has 0 aliphatic rings. The summed E-state index contributed by atoms with van der Waals surface area (Å²) in [5.41, 5.74) is 2.49. The van der Waals surface area contributed by atoms with Crippen LogP contribution in [0.2, 0.25) is 0 Å². The Morgan fingerprint density at radius 3 is 2.12 bits per heavy atom. The van der Waals surface area contributed by atoms with Crippen molar-refractivity contribution in [3.63, 3.8) is 0 Å². The monoisotopic (exact) mass is 331 g/mol. The summed E-state index contributed by atoms with van der Waals surface area (Å²) in [6.45, 7) is 1.95. The third-order valence-corrected chi connectivity index (χ3v) is 3.66. The molecule has 4 heteroatoms. The van der Waals surface area contributed by atoms with Gasteiger partial charge in [0, 0.05) is 5.56 Å². The highest BCUT2D eigenvalue weighted by atomic mass is 16.5. The van der Waals surface area contributed by atoms with Gasteiger partial charge in [0.2, 0.25) is 0 Å². The quantitative estimate of drug-likeness (QED) is 0.567. The summed E-state index contributed by atoms with van der Waals surface area (Å²) in [5.74, 6) is -0.432. The largest absolute Gasteiger partial charge is 0.421 e. The highest BCUT2D eigenvalue weighted by Gasteiger charge is 2.13. The number of carbonyl (C=O) groups is 2. The molecule has 4 nitrogen and oxygen atoms in total. The molecule has 124 valence electrons. The van der Waals surface area contributed by atoms with Crippen molar-refractivity contribution in [2.45, 2.75) is 6.92 Å². The first-order chi connectivity index (χ1) is 12.1. The van der Waals surface area contributed by atoms with Crippen molar-refractivity contribution in [1.29, 1.82) is 0 Å². The number of para-hydroxylation sites is 2. The molecule has 0 aliphatic heterocycles. The van der Waals surface area contributed by atoms with Gasteiger partial charge in [-0.1, -0.05) is 48.0 Å². The van der Waals surface area contributed by atoms with Crippen LogP contribution in [-0.2, 0) is 0 Å². The fourth-order valence-corrected chi connectivity index (χ4v) is 2.29. The number of aryl methyl sites for hydroxylation is 1. The molecule has 0 aromatic heterocycles. The highest BCUT2D eigenvalue weighted by molar-refractivity contribution is 6.05. The minimum atomic E-state index is -0.471. The van der Waals surface area contributed by atoms with Crippen LogP contribution in [0.4, 0.5) is 5.69 Å². The maximum absolute atomic E-state index is 12.3. The van der Waals surface area contributed by atoms with Gasteiger partial charge < -0.3 is 10.1 Å². The third kappa shape index (κ3) is 4.12. The standard InChI is InChI=1S/C21H17NO3/c1-15-11-13-17(14-12-15)21(24)25-19-10-6-5-9-18(19)22-20(23)16-7-3-2-4-8-16/h2-14H,1H3,(H,22,23). The molecule has 0 bridgehead atoms. The Morgan fingerprint density at radius 1 is 0.760 bits per heavy atom. The molecule has 25 heavy (non-hydrogen) atoms. The van der Waals surface area contributed by atoms with E-state index in [9.17, 15) is 9.59 Å². The number of benzene rings is 3. The van der Waals surface area contributed by atoms with Crippen LogP contribution in [0.15, 0.2) is 78.9 Å². The van der Waals surface area contributed by atoms with Gasteiger partial charge in [0.05, 0.1) is 11.3 Å². The van der Waals surface area contributed by atoms with Crippen LogP contribution in [0.5, 0.6) is 5.75 Å². The average Bonchev–Trinajstić information content (AvgIpc) is 2.64. The van der Waals surface area contributed by atoms with Crippen molar-refractivity contribution in [2.24, 2.45) is 0 Å². The molecule has 0 saturated carbocycles. The summed E-state index contributed by atoms with van der Waals surface area (Å²) in [7, 11) is 0. The second kappa shape index (κ2) is 7.45. The van der Waals surface area contributed by atoms with Gasteiger partial charge in [-0.2, -0.15) is 0 Å². The first-order valence-corrected chi connectivity index (χ1v) is 7.88. The van der Waals surface area contributed by atoms with E-state index in [1.54, 1.807) is 60.7 Å². The van der Waals surface area contributed by atoms with Gasteiger partial charge in [0.25, 0.3) is 5.91 Å². The van der Waals surface area contributed by atoms with Crippen molar-refractivity contribution in [3.8, 4) is 5.75 Å². The predicted molar refractivity (Wildman–Crippen MR) is 97.0 cm³/mol. The molecule has 0 aliphatic carbocycles. The highest BCUT2D eigenvalue weighted by Crippen LogP contribution is 2.25. The van der Waals surface area contributed by atoms with Crippen LogP contribution in [0.3, 0.4) is 0 Å².